The molecule has 0 aliphatic heterocycles. The van der Waals surface area contributed by atoms with Gasteiger partial charge in [-0.25, -0.2) is 6.57 Å². The number of alkyl halides is 3. The monoisotopic (exact) mass is 123 g/mol. The molecule has 8 heavy (non-hydrogen) atoms. The standard InChI is InChI=1S/C4H4F3N/c1-3(8-2)4(5,6)7/h3H,1H3. The summed E-state index contributed by atoms with van der Waals surface area (Å²) in [5.41, 5.74) is 0. The second-order valence-corrected chi connectivity index (χ2v) is 1.35. The molecule has 0 radical (unpaired) electrons. The van der Waals surface area contributed by atoms with Crippen molar-refractivity contribution < 1.29 is 13.2 Å². The molecule has 0 fully saturated rings. The number of nitrogens with zero attached hydrogens (tertiary/aromatic N) is 1. The van der Waals surface area contributed by atoms with Crippen molar-refractivity contribution in [3.8, 4) is 0 Å². The van der Waals surface area contributed by atoms with Crippen LogP contribution in [-0.4, -0.2) is 12.2 Å². The van der Waals surface area contributed by atoms with Gasteiger partial charge in [0.05, 0.1) is 0 Å². The molecule has 0 rings (SSSR count). The molecule has 0 aromatic rings. The average molecular weight is 123 g/mol. The number of rotatable bonds is 0. The van der Waals surface area contributed by atoms with E-state index in [-0.39, 0.29) is 0 Å². The summed E-state index contributed by atoms with van der Waals surface area (Å²) in [5, 5.41) is 0. The van der Waals surface area contributed by atoms with Gasteiger partial charge in [0, 0.05) is 6.92 Å². The topological polar surface area (TPSA) is 4.36 Å². The first-order valence-corrected chi connectivity index (χ1v) is 1.91. The van der Waals surface area contributed by atoms with Crippen LogP contribution in [-0.2, 0) is 0 Å². The van der Waals surface area contributed by atoms with Gasteiger partial charge in [0.25, 0.3) is 0 Å². The fourth-order valence-corrected chi connectivity index (χ4v) is 0.0732. The summed E-state index contributed by atoms with van der Waals surface area (Å²) in [4.78, 5) is 2.28. The van der Waals surface area contributed by atoms with Crippen molar-refractivity contribution in [3.05, 3.63) is 11.4 Å². The van der Waals surface area contributed by atoms with Crippen molar-refractivity contribution in [2.45, 2.75) is 19.1 Å². The van der Waals surface area contributed by atoms with E-state index in [2.05, 4.69) is 4.85 Å². The molecular formula is C4H4F3N. The van der Waals surface area contributed by atoms with E-state index in [1.807, 2.05) is 0 Å². The highest BCUT2D eigenvalue weighted by Crippen LogP contribution is 2.21. The minimum absolute atomic E-state index is 0.826. The predicted octanol–water partition coefficient (Wildman–Crippen LogP) is 1.86. The van der Waals surface area contributed by atoms with Gasteiger partial charge in [0.2, 0.25) is 0 Å². The van der Waals surface area contributed by atoms with Crippen molar-refractivity contribution in [2.75, 3.05) is 0 Å². The number of hydrogen-bond donors (Lipinski definition) is 0. The van der Waals surface area contributed by atoms with Crippen LogP contribution in [0.4, 0.5) is 13.2 Å². The summed E-state index contributed by atoms with van der Waals surface area (Å²) < 4.78 is 33.7. The summed E-state index contributed by atoms with van der Waals surface area (Å²) in [7, 11) is 0. The third kappa shape index (κ3) is 1.82. The first kappa shape index (κ1) is 7.28. The molecule has 0 saturated carbocycles. The zero-order valence-corrected chi connectivity index (χ0v) is 4.16. The van der Waals surface area contributed by atoms with Crippen molar-refractivity contribution in [2.24, 2.45) is 0 Å². The van der Waals surface area contributed by atoms with Gasteiger partial charge in [0.1, 0.15) is 0 Å². The lowest BCUT2D eigenvalue weighted by Gasteiger charge is -2.01. The van der Waals surface area contributed by atoms with Crippen LogP contribution in [0.2, 0.25) is 0 Å². The summed E-state index contributed by atoms with van der Waals surface area (Å²) in [6.45, 7) is 6.80. The fourth-order valence-electron chi connectivity index (χ4n) is 0.0732. The molecule has 0 bridgehead atoms. The highest BCUT2D eigenvalue weighted by molar-refractivity contribution is 4.79. The molecule has 0 aromatic heterocycles. The lowest BCUT2D eigenvalue weighted by molar-refractivity contribution is -0.134. The Morgan fingerprint density at radius 3 is 1.88 bits per heavy atom. The van der Waals surface area contributed by atoms with Crippen LogP contribution in [0, 0.1) is 6.57 Å². The van der Waals surface area contributed by atoms with E-state index in [9.17, 15) is 13.2 Å². The molecular weight excluding hydrogens is 119 g/mol. The summed E-state index contributed by atoms with van der Waals surface area (Å²) >= 11 is 0. The van der Waals surface area contributed by atoms with Crippen LogP contribution in [0.25, 0.3) is 4.85 Å². The van der Waals surface area contributed by atoms with Crippen molar-refractivity contribution in [3.63, 3.8) is 0 Å². The first-order chi connectivity index (χ1) is 3.48. The molecule has 0 amide bonds. The van der Waals surface area contributed by atoms with Gasteiger partial charge in [-0.15, -0.1) is 0 Å². The fraction of sp³-hybridized carbons (Fsp3) is 0.750. The molecule has 0 N–H and O–H groups in total. The predicted molar refractivity (Wildman–Crippen MR) is 22.1 cm³/mol. The molecule has 0 saturated heterocycles. The van der Waals surface area contributed by atoms with Crippen LogP contribution in [0.5, 0.6) is 0 Å². The molecule has 0 aromatic carbocycles. The lowest BCUT2D eigenvalue weighted by atomic mass is 10.4. The van der Waals surface area contributed by atoms with Gasteiger partial charge in [0.15, 0.2) is 0 Å². The highest BCUT2D eigenvalue weighted by atomic mass is 19.4. The van der Waals surface area contributed by atoms with E-state index < -0.39 is 12.2 Å². The molecule has 0 heterocycles. The van der Waals surface area contributed by atoms with Gasteiger partial charge in [-0.2, -0.15) is 13.2 Å². The Bertz CT molecular complexity index is 109. The number of hydrogen-bond acceptors (Lipinski definition) is 0. The zero-order valence-electron chi connectivity index (χ0n) is 4.16. The Morgan fingerprint density at radius 2 is 1.88 bits per heavy atom. The summed E-state index contributed by atoms with van der Waals surface area (Å²) in [6, 6.07) is -1.86. The van der Waals surface area contributed by atoms with Gasteiger partial charge >= 0.3 is 12.2 Å². The third-order valence-electron chi connectivity index (χ3n) is 0.667. The zero-order chi connectivity index (χ0) is 6.78. The molecule has 0 spiro atoms. The summed E-state index contributed by atoms with van der Waals surface area (Å²) in [5.74, 6) is 0. The van der Waals surface area contributed by atoms with Crippen LogP contribution in [0.1, 0.15) is 6.92 Å². The highest BCUT2D eigenvalue weighted by Gasteiger charge is 2.41. The molecule has 0 aliphatic rings. The summed E-state index contributed by atoms with van der Waals surface area (Å²) in [6.07, 6.45) is -4.35. The largest absolute Gasteiger partial charge is 0.465 e. The van der Waals surface area contributed by atoms with Gasteiger partial charge in [-0.3, -0.25) is 0 Å². The Hall–Kier alpha value is -0.720. The smallest absolute Gasteiger partial charge is 0.304 e. The number of halogens is 3. The second-order valence-electron chi connectivity index (χ2n) is 1.35. The molecule has 0 aliphatic carbocycles. The maximum absolute atomic E-state index is 11.2. The van der Waals surface area contributed by atoms with E-state index in [1.54, 1.807) is 0 Å². The molecule has 1 unspecified atom stereocenters. The Labute approximate surface area is 44.9 Å². The Balaban J connectivity index is 3.87. The van der Waals surface area contributed by atoms with Gasteiger partial charge in [-0.1, -0.05) is 0 Å². The van der Waals surface area contributed by atoms with E-state index in [0.717, 1.165) is 6.92 Å². The van der Waals surface area contributed by atoms with Crippen molar-refractivity contribution in [1.82, 2.24) is 0 Å². The lowest BCUT2D eigenvalue weighted by Crippen LogP contribution is -2.21. The normalized spacial score (nSPS) is 14.9. The van der Waals surface area contributed by atoms with Crippen LogP contribution < -0.4 is 0 Å². The SMILES string of the molecule is [C-]#[N+]C(C)C(F)(F)F. The first-order valence-electron chi connectivity index (χ1n) is 1.91. The van der Waals surface area contributed by atoms with Crippen LogP contribution in [0.15, 0.2) is 0 Å². The Morgan fingerprint density at radius 1 is 1.50 bits per heavy atom. The quantitative estimate of drug-likeness (QED) is 0.433. The molecule has 1 atom stereocenters. The average Bonchev–Trinajstić information content (AvgIpc) is 1.62. The van der Waals surface area contributed by atoms with Crippen molar-refractivity contribution in [1.29, 1.82) is 0 Å². The van der Waals surface area contributed by atoms with Crippen LogP contribution >= 0.6 is 0 Å². The van der Waals surface area contributed by atoms with Crippen molar-refractivity contribution >= 4 is 0 Å². The van der Waals surface area contributed by atoms with E-state index >= 15 is 0 Å². The van der Waals surface area contributed by atoms with E-state index in [0.29, 0.717) is 0 Å². The van der Waals surface area contributed by atoms with Crippen LogP contribution in [0.3, 0.4) is 0 Å². The molecule has 1 nitrogen and oxygen atoms in total. The van der Waals surface area contributed by atoms with Gasteiger partial charge < -0.3 is 4.85 Å². The maximum atomic E-state index is 11.2. The molecule has 46 valence electrons. The van der Waals surface area contributed by atoms with Gasteiger partial charge in [-0.05, 0) is 0 Å². The second kappa shape index (κ2) is 2.03. The maximum Gasteiger partial charge on any atom is 0.465 e. The third-order valence-corrected chi connectivity index (χ3v) is 0.667. The minimum atomic E-state index is -4.35. The Kier molecular flexibility index (Phi) is 1.85. The van der Waals surface area contributed by atoms with E-state index in [4.69, 9.17) is 6.57 Å². The minimum Gasteiger partial charge on any atom is -0.304 e. The molecule has 4 heteroatoms. The van der Waals surface area contributed by atoms with E-state index in [1.165, 1.54) is 0 Å².